The van der Waals surface area contributed by atoms with Gasteiger partial charge in [0.25, 0.3) is 6.57 Å². The van der Waals surface area contributed by atoms with Gasteiger partial charge in [-0.15, -0.1) is 0 Å². The Kier molecular flexibility index (Phi) is 9.57. The Labute approximate surface area is 236 Å². The third kappa shape index (κ3) is 7.38. The van der Waals surface area contributed by atoms with Crippen LogP contribution in [-0.4, -0.2) is 61.6 Å². The van der Waals surface area contributed by atoms with Crippen LogP contribution in [0.2, 0.25) is 0 Å². The lowest BCUT2D eigenvalue weighted by atomic mass is 9.77. The number of halogens is 4. The number of sulfonamides is 1. The van der Waals surface area contributed by atoms with Crippen molar-refractivity contribution >= 4 is 21.6 Å². The van der Waals surface area contributed by atoms with Crippen molar-refractivity contribution in [3.05, 3.63) is 88.1 Å². The van der Waals surface area contributed by atoms with Crippen LogP contribution in [0.15, 0.2) is 60.5 Å². The van der Waals surface area contributed by atoms with E-state index < -0.39 is 63.1 Å². The highest BCUT2D eigenvalue weighted by atomic mass is 32.2. The molecule has 1 fully saturated rings. The summed E-state index contributed by atoms with van der Waals surface area (Å²) in [5.41, 5.74) is 0.486. The van der Waals surface area contributed by atoms with Crippen molar-refractivity contribution in [2.24, 2.45) is 5.92 Å². The van der Waals surface area contributed by atoms with Gasteiger partial charge in [0.1, 0.15) is 23.3 Å². The maximum absolute atomic E-state index is 15.0. The zero-order valence-electron chi connectivity index (χ0n) is 22.2. The van der Waals surface area contributed by atoms with E-state index in [-0.39, 0.29) is 37.1 Å². The second-order valence-corrected chi connectivity index (χ2v) is 12.0. The smallest absolute Gasteiger partial charge is 0.317 e. The third-order valence-electron chi connectivity index (χ3n) is 7.30. The van der Waals surface area contributed by atoms with E-state index in [1.807, 2.05) is 0 Å². The fraction of sp³-hybridized carbons (Fsp3) is 0.393. The van der Waals surface area contributed by atoms with Crippen LogP contribution in [0.4, 0.5) is 23.2 Å². The second-order valence-electron chi connectivity index (χ2n) is 10.1. The van der Waals surface area contributed by atoms with Crippen LogP contribution in [0, 0.1) is 24.1 Å². The molecule has 0 saturated carbocycles. The van der Waals surface area contributed by atoms with Crippen LogP contribution in [-0.2, 0) is 21.2 Å². The molecule has 4 rings (SSSR count). The quantitative estimate of drug-likeness (QED) is 0.424. The molecule has 2 N–H and O–H groups in total. The minimum atomic E-state index is -3.48. The summed E-state index contributed by atoms with van der Waals surface area (Å²) in [5.74, 6) is -5.51. The van der Waals surface area contributed by atoms with Crippen molar-refractivity contribution < 1.29 is 30.8 Å². The van der Waals surface area contributed by atoms with Crippen LogP contribution in [0.5, 0.6) is 0 Å². The van der Waals surface area contributed by atoms with Gasteiger partial charge in [-0.25, -0.2) is 26.0 Å². The molecule has 1 saturated heterocycles. The van der Waals surface area contributed by atoms with Gasteiger partial charge in [0.05, 0.1) is 30.3 Å². The number of piperazine rings is 1. The van der Waals surface area contributed by atoms with Gasteiger partial charge in [-0.3, -0.25) is 9.78 Å². The standard InChI is InChI=1S/C28H29F4N5O3S/c1-33-27(26(17-3-5-19(29)6-4-17)18-11-20(30)13-21(31)12-18)28(38)36-25-16-35-15-24(32)23(25)8-7-22-14-34-9-10-37(22)41(2,39)40/h1,3-6,11,13,15-16,18,22,26-27,34H,7-10,12,14H2,2H3/p+1. The first-order valence-electron chi connectivity index (χ1n) is 13.0. The van der Waals surface area contributed by atoms with Crippen molar-refractivity contribution in [3.63, 3.8) is 0 Å². The van der Waals surface area contributed by atoms with E-state index in [0.717, 1.165) is 36.7 Å². The summed E-state index contributed by atoms with van der Waals surface area (Å²) < 4.78 is 82.9. The van der Waals surface area contributed by atoms with Crippen LogP contribution in [0.3, 0.4) is 0 Å². The maximum atomic E-state index is 15.0. The van der Waals surface area contributed by atoms with Gasteiger partial charge in [-0.2, -0.15) is 4.31 Å². The number of hydrogen-bond donors (Lipinski definition) is 2. The molecule has 0 radical (unpaired) electrons. The average molecular weight is 593 g/mol. The van der Waals surface area contributed by atoms with Gasteiger partial charge in [0.2, 0.25) is 10.0 Å². The highest BCUT2D eigenvalue weighted by Gasteiger charge is 2.44. The number of benzene rings is 1. The van der Waals surface area contributed by atoms with E-state index >= 15 is 0 Å². The number of carbonyl (C=O) groups is 1. The number of rotatable bonds is 9. The summed E-state index contributed by atoms with van der Waals surface area (Å²) in [6, 6.07) is 3.23. The summed E-state index contributed by atoms with van der Waals surface area (Å²) in [5, 5.41) is 5.73. The van der Waals surface area contributed by atoms with Crippen LogP contribution >= 0.6 is 0 Å². The molecule has 4 atom stereocenters. The molecule has 4 unspecified atom stereocenters. The number of amides is 1. The number of nitrogens with zero attached hydrogens (tertiary/aromatic N) is 3. The molecule has 218 valence electrons. The van der Waals surface area contributed by atoms with Gasteiger partial charge in [-0.1, -0.05) is 17.0 Å². The lowest BCUT2D eigenvalue weighted by Gasteiger charge is -2.34. The first kappa shape index (κ1) is 30.4. The summed E-state index contributed by atoms with van der Waals surface area (Å²) in [7, 11) is -3.48. The molecule has 13 heteroatoms. The van der Waals surface area contributed by atoms with Crippen molar-refractivity contribution in [1.29, 1.82) is 0 Å². The van der Waals surface area contributed by atoms with Crippen molar-refractivity contribution in [2.75, 3.05) is 31.2 Å². The normalized spacial score (nSPS) is 21.3. The molecule has 0 spiro atoms. The number of allylic oxidation sites excluding steroid dienone is 4. The van der Waals surface area contributed by atoms with Crippen molar-refractivity contribution in [3.8, 4) is 6.57 Å². The molecule has 8 nitrogen and oxygen atoms in total. The Morgan fingerprint density at radius 3 is 2.61 bits per heavy atom. The summed E-state index contributed by atoms with van der Waals surface area (Å²) in [6.07, 6.45) is 5.32. The first-order chi connectivity index (χ1) is 19.5. The van der Waals surface area contributed by atoms with Gasteiger partial charge in [0.15, 0.2) is 0 Å². The molecule has 1 aliphatic heterocycles. The molecule has 41 heavy (non-hydrogen) atoms. The van der Waals surface area contributed by atoms with Gasteiger partial charge in [0, 0.05) is 49.7 Å². The van der Waals surface area contributed by atoms with E-state index in [9.17, 15) is 30.8 Å². The monoisotopic (exact) mass is 592 g/mol. The average Bonchev–Trinajstić information content (AvgIpc) is 2.91. The molecule has 2 aliphatic rings. The maximum Gasteiger partial charge on any atom is 0.355 e. The SMILES string of the molecule is C#[N+]C(C(=O)Nc1cncc(F)c1CCC1CNCCN1S(C)(=O)=O)C(c1ccc(F)cc1)C1C=C(F)C=C(F)C1. The molecular formula is C28H30F4N5O3S+. The zero-order chi connectivity index (χ0) is 29.7. The Balaban J connectivity index is 1.60. The molecular weight excluding hydrogens is 562 g/mol. The summed E-state index contributed by atoms with van der Waals surface area (Å²) in [6.45, 7) is 6.81. The topological polar surface area (TPSA) is 95.8 Å². The minimum absolute atomic E-state index is 0.0209. The fourth-order valence-electron chi connectivity index (χ4n) is 5.41. The van der Waals surface area contributed by atoms with E-state index in [2.05, 4.69) is 20.5 Å². The molecule has 0 bridgehead atoms. The van der Waals surface area contributed by atoms with Crippen LogP contribution in [0.25, 0.3) is 4.85 Å². The van der Waals surface area contributed by atoms with Crippen LogP contribution in [0.1, 0.15) is 29.9 Å². The molecule has 1 aliphatic carbocycles. The molecule has 1 aromatic heterocycles. The number of hydrogen-bond acceptors (Lipinski definition) is 5. The van der Waals surface area contributed by atoms with Crippen LogP contribution < -0.4 is 10.6 Å². The van der Waals surface area contributed by atoms with Crippen molar-refractivity contribution in [2.45, 2.75) is 37.3 Å². The highest BCUT2D eigenvalue weighted by molar-refractivity contribution is 7.88. The number of anilines is 1. The largest absolute Gasteiger partial charge is 0.355 e. The minimum Gasteiger partial charge on any atom is -0.317 e. The number of carbonyl (C=O) groups excluding carboxylic acids is 1. The van der Waals surface area contributed by atoms with Crippen molar-refractivity contribution in [1.82, 2.24) is 14.6 Å². The third-order valence-corrected chi connectivity index (χ3v) is 8.63. The fourth-order valence-corrected chi connectivity index (χ4v) is 6.56. The van der Waals surface area contributed by atoms with E-state index in [1.165, 1.54) is 22.6 Å². The Morgan fingerprint density at radius 2 is 1.95 bits per heavy atom. The lowest BCUT2D eigenvalue weighted by Crippen LogP contribution is -2.53. The Morgan fingerprint density at radius 1 is 1.22 bits per heavy atom. The number of aromatic nitrogens is 1. The Hall–Kier alpha value is -3.60. The van der Waals surface area contributed by atoms with E-state index in [1.54, 1.807) is 0 Å². The second kappa shape index (κ2) is 12.9. The number of nitrogens with one attached hydrogen (secondary N) is 2. The predicted octanol–water partition coefficient (Wildman–Crippen LogP) is 4.31. The Bertz CT molecular complexity index is 1490. The highest BCUT2D eigenvalue weighted by Crippen LogP contribution is 2.39. The molecule has 1 amide bonds. The molecule has 1 aromatic carbocycles. The first-order valence-corrected chi connectivity index (χ1v) is 14.8. The molecule has 2 aromatic rings. The van der Waals surface area contributed by atoms with Gasteiger partial charge >= 0.3 is 11.9 Å². The lowest BCUT2D eigenvalue weighted by molar-refractivity contribution is -0.117. The zero-order valence-corrected chi connectivity index (χ0v) is 23.1. The summed E-state index contributed by atoms with van der Waals surface area (Å²) >= 11 is 0. The van der Waals surface area contributed by atoms with E-state index in [0.29, 0.717) is 18.7 Å². The van der Waals surface area contributed by atoms with Gasteiger partial charge in [-0.05, 0) is 36.6 Å². The number of pyridine rings is 1. The summed E-state index contributed by atoms with van der Waals surface area (Å²) in [4.78, 5) is 21.1. The predicted molar refractivity (Wildman–Crippen MR) is 147 cm³/mol. The van der Waals surface area contributed by atoms with E-state index in [4.69, 9.17) is 6.57 Å². The van der Waals surface area contributed by atoms with Gasteiger partial charge < -0.3 is 10.6 Å². The molecule has 2 heterocycles.